The predicted molar refractivity (Wildman–Crippen MR) is 50.1 cm³/mol. The first-order valence-corrected chi connectivity index (χ1v) is 5.86. The second-order valence-electron chi connectivity index (χ2n) is 2.95. The third-order valence-corrected chi connectivity index (χ3v) is 4.61. The number of rotatable bonds is 2. The summed E-state index contributed by atoms with van der Waals surface area (Å²) in [7, 11) is 4.21. The van der Waals surface area contributed by atoms with Gasteiger partial charge in [0, 0.05) is 0 Å². The van der Waals surface area contributed by atoms with Gasteiger partial charge in [0.2, 0.25) is 0 Å². The molecule has 0 bridgehead atoms. The summed E-state index contributed by atoms with van der Waals surface area (Å²) in [5.74, 6) is 0. The zero-order chi connectivity index (χ0) is 9.26. The monoisotopic (exact) mass is 262 g/mol. The van der Waals surface area contributed by atoms with Crippen molar-refractivity contribution < 1.29 is 17.1 Å². The Labute approximate surface area is 85.8 Å². The van der Waals surface area contributed by atoms with Crippen LogP contribution < -0.4 is 8.58 Å². The van der Waals surface area contributed by atoms with Crippen LogP contribution in [0.1, 0.15) is 0 Å². The number of aryl methyl sites for hydroxylation is 2. The molecule has 0 aliphatic heterocycles. The van der Waals surface area contributed by atoms with Crippen LogP contribution in [0.2, 0.25) is 0 Å². The zero-order valence-electron chi connectivity index (χ0n) is 7.71. The first kappa shape index (κ1) is 8.77. The van der Waals surface area contributed by atoms with E-state index in [1.807, 2.05) is 0 Å². The van der Waals surface area contributed by atoms with Crippen LogP contribution in [0.4, 0.5) is 0 Å². The minimum atomic E-state index is 0.172. The summed E-state index contributed by atoms with van der Waals surface area (Å²) in [5.41, 5.74) is 0. The number of hydrogen-bond donors (Lipinski definition) is 0. The first-order valence-electron chi connectivity index (χ1n) is 4.12. The molecule has 0 saturated carbocycles. The summed E-state index contributed by atoms with van der Waals surface area (Å²) in [6.45, 7) is 0. The maximum atomic E-state index is 2.20. The van der Waals surface area contributed by atoms with Gasteiger partial charge in [-0.3, -0.25) is 0 Å². The van der Waals surface area contributed by atoms with Gasteiger partial charge >= 0.3 is 85.6 Å². The molecule has 0 spiro atoms. The Kier molecular flexibility index (Phi) is 2.37. The van der Waals surface area contributed by atoms with E-state index in [2.05, 4.69) is 59.9 Å². The van der Waals surface area contributed by atoms with E-state index < -0.39 is 0 Å². The normalized spacial score (nSPS) is 10.9. The van der Waals surface area contributed by atoms with Gasteiger partial charge in [0.1, 0.15) is 0 Å². The molecule has 0 saturated heterocycles. The number of hydrogen-bond acceptors (Lipinski definition) is 0. The Balaban J connectivity index is 2.24. The van der Waals surface area contributed by atoms with Crippen LogP contribution in [0.3, 0.4) is 0 Å². The van der Waals surface area contributed by atoms with Crippen molar-refractivity contribution in [3.05, 3.63) is 36.7 Å². The quantitative estimate of drug-likeness (QED) is 0.693. The van der Waals surface area contributed by atoms with Crippen LogP contribution in [0.15, 0.2) is 36.7 Å². The maximum absolute atomic E-state index is 2.20. The zero-order valence-corrected chi connectivity index (χ0v) is 9.45. The third-order valence-electron chi connectivity index (χ3n) is 1.92. The van der Waals surface area contributed by atoms with E-state index in [0.29, 0.717) is 0 Å². The Bertz CT molecular complexity index is 362. The fourth-order valence-electron chi connectivity index (χ4n) is 1.15. The molecule has 2 nitrogen and oxygen atoms in total. The predicted octanol–water partition coefficient (Wildman–Crippen LogP) is 0.397. The topological polar surface area (TPSA) is 9.86 Å². The number of aromatic nitrogens is 2. The molecule has 0 unspecified atom stereocenters. The van der Waals surface area contributed by atoms with E-state index in [9.17, 15) is 0 Å². The van der Waals surface area contributed by atoms with Gasteiger partial charge in [0.05, 0.1) is 0 Å². The van der Waals surface area contributed by atoms with Gasteiger partial charge in [0.15, 0.2) is 0 Å². The molecule has 0 fully saturated rings. The van der Waals surface area contributed by atoms with E-state index >= 15 is 0 Å². The van der Waals surface area contributed by atoms with Gasteiger partial charge in [-0.25, -0.2) is 0 Å². The Morgan fingerprint density at radius 1 is 0.923 bits per heavy atom. The van der Waals surface area contributed by atoms with Crippen molar-refractivity contribution in [1.82, 2.24) is 9.13 Å². The van der Waals surface area contributed by atoms with Crippen molar-refractivity contribution in [3.8, 4) is 0 Å². The average molecular weight is 261 g/mol. The summed E-state index contributed by atoms with van der Waals surface area (Å²) < 4.78 is 7.28. The van der Waals surface area contributed by atoms with Gasteiger partial charge in [-0.2, -0.15) is 0 Å². The van der Waals surface area contributed by atoms with Crippen molar-refractivity contribution in [2.75, 3.05) is 0 Å². The Morgan fingerprint density at radius 2 is 1.38 bits per heavy atom. The van der Waals surface area contributed by atoms with E-state index in [1.165, 1.54) is 8.58 Å². The second kappa shape index (κ2) is 3.51. The van der Waals surface area contributed by atoms with Gasteiger partial charge < -0.3 is 0 Å². The van der Waals surface area contributed by atoms with E-state index in [0.717, 1.165) is 0 Å². The van der Waals surface area contributed by atoms with Crippen LogP contribution in [-0.4, -0.2) is 9.13 Å². The van der Waals surface area contributed by atoms with Crippen molar-refractivity contribution in [2.24, 2.45) is 14.1 Å². The molecule has 0 aliphatic carbocycles. The van der Waals surface area contributed by atoms with Crippen LogP contribution in [-0.2, 0) is 31.2 Å². The Morgan fingerprint density at radius 3 is 1.69 bits per heavy atom. The molecule has 2 aromatic rings. The molecule has 0 amide bonds. The molecule has 2 heterocycles. The van der Waals surface area contributed by atoms with E-state index in [-0.39, 0.29) is 17.1 Å². The van der Waals surface area contributed by atoms with Gasteiger partial charge in [-0.1, -0.05) is 0 Å². The van der Waals surface area contributed by atoms with Gasteiger partial charge in [0.25, 0.3) is 0 Å². The van der Waals surface area contributed by atoms with Crippen molar-refractivity contribution in [3.63, 3.8) is 0 Å². The fourth-order valence-corrected chi connectivity index (χ4v) is 3.10. The van der Waals surface area contributed by atoms with Gasteiger partial charge in [-0.15, -0.1) is 0 Å². The van der Waals surface area contributed by atoms with Crippen LogP contribution in [0.25, 0.3) is 0 Å². The molecule has 0 atom stereocenters. The molecular weight excluding hydrogens is 249 g/mol. The molecule has 0 aromatic carbocycles. The van der Waals surface area contributed by atoms with Crippen LogP contribution >= 0.6 is 0 Å². The summed E-state index contributed by atoms with van der Waals surface area (Å²) in [6.07, 6.45) is 4.21. The first-order chi connectivity index (χ1) is 6.27. The minimum absolute atomic E-state index is 0.172. The van der Waals surface area contributed by atoms with Crippen LogP contribution in [0.5, 0.6) is 0 Å². The standard InChI is InChI=1S/2C5H6N.Ru/c2*1-6-4-2-3-5-6;/h2*2-4H,1H3;. The van der Waals surface area contributed by atoms with Crippen molar-refractivity contribution in [1.29, 1.82) is 0 Å². The summed E-state index contributed by atoms with van der Waals surface area (Å²) >= 11 is 0.172. The molecule has 0 radical (unpaired) electrons. The summed E-state index contributed by atoms with van der Waals surface area (Å²) in [5, 5.41) is 0. The molecular formula is C10H12N2Ru. The molecule has 3 heteroatoms. The van der Waals surface area contributed by atoms with Crippen LogP contribution in [0, 0.1) is 0 Å². The number of nitrogens with zero attached hydrogens (tertiary/aromatic N) is 2. The van der Waals surface area contributed by atoms with Crippen molar-refractivity contribution in [2.45, 2.75) is 0 Å². The summed E-state index contributed by atoms with van der Waals surface area (Å²) in [4.78, 5) is 0. The fraction of sp³-hybridized carbons (Fsp3) is 0.200. The Hall–Kier alpha value is -0.817. The molecule has 2 aromatic heterocycles. The van der Waals surface area contributed by atoms with E-state index in [1.54, 1.807) is 0 Å². The summed E-state index contributed by atoms with van der Waals surface area (Å²) in [6, 6.07) is 8.61. The average Bonchev–Trinajstić information content (AvgIpc) is 2.65. The van der Waals surface area contributed by atoms with E-state index in [4.69, 9.17) is 0 Å². The SMILES string of the molecule is Cn1ccc[c]1[Ru][c]1cccn1C. The van der Waals surface area contributed by atoms with Crippen molar-refractivity contribution >= 4 is 8.58 Å². The molecule has 13 heavy (non-hydrogen) atoms. The molecule has 70 valence electrons. The van der Waals surface area contributed by atoms with Gasteiger partial charge in [-0.05, 0) is 0 Å². The molecule has 0 N–H and O–H groups in total. The molecule has 0 aliphatic rings. The third kappa shape index (κ3) is 1.75. The second-order valence-corrected chi connectivity index (χ2v) is 5.16. The molecule has 2 rings (SSSR count).